The molecule has 0 fully saturated rings. The number of carbonyl (C=O) groups excluding carboxylic acids is 1. The van der Waals surface area contributed by atoms with Crippen molar-refractivity contribution in [2.24, 2.45) is 5.73 Å². The largest absolute Gasteiger partial charge is 0.325 e. The molecule has 5 nitrogen and oxygen atoms in total. The van der Waals surface area contributed by atoms with E-state index in [2.05, 4.69) is 10.4 Å². The number of benzene rings is 1. The lowest BCUT2D eigenvalue weighted by atomic mass is 10.2. The van der Waals surface area contributed by atoms with E-state index in [9.17, 15) is 4.79 Å². The predicted molar refractivity (Wildman–Crippen MR) is 83.2 cm³/mol. The average molecular weight is 290 g/mol. The van der Waals surface area contributed by atoms with Crippen LogP contribution in [-0.4, -0.2) is 33.7 Å². The Morgan fingerprint density at radius 3 is 2.80 bits per heavy atom. The van der Waals surface area contributed by atoms with Crippen molar-refractivity contribution in [2.45, 2.75) is 12.5 Å². The minimum atomic E-state index is -0.465. The first-order valence-corrected chi connectivity index (χ1v) is 7.75. The SMILES string of the molecule is CSCC[C@@H](N)C(=O)Nc1ccc(-n2cccn2)cc1. The lowest BCUT2D eigenvalue weighted by Gasteiger charge is -2.12. The number of nitrogens with one attached hydrogen (secondary N) is 1. The van der Waals surface area contributed by atoms with Crippen LogP contribution in [0.5, 0.6) is 0 Å². The van der Waals surface area contributed by atoms with Gasteiger partial charge in [-0.2, -0.15) is 16.9 Å². The van der Waals surface area contributed by atoms with E-state index in [4.69, 9.17) is 5.73 Å². The van der Waals surface area contributed by atoms with Crippen LogP contribution in [0, 0.1) is 0 Å². The first-order valence-electron chi connectivity index (χ1n) is 6.36. The zero-order valence-electron chi connectivity index (χ0n) is 11.3. The predicted octanol–water partition coefficient (Wildman–Crippen LogP) is 1.89. The van der Waals surface area contributed by atoms with Crippen molar-refractivity contribution in [1.82, 2.24) is 9.78 Å². The van der Waals surface area contributed by atoms with Crippen molar-refractivity contribution in [3.8, 4) is 5.69 Å². The van der Waals surface area contributed by atoms with Crippen molar-refractivity contribution in [2.75, 3.05) is 17.3 Å². The van der Waals surface area contributed by atoms with Gasteiger partial charge < -0.3 is 11.1 Å². The number of hydrogen-bond acceptors (Lipinski definition) is 4. The second-order valence-corrected chi connectivity index (χ2v) is 5.36. The van der Waals surface area contributed by atoms with Crippen LogP contribution in [0.1, 0.15) is 6.42 Å². The van der Waals surface area contributed by atoms with Gasteiger partial charge in [-0.1, -0.05) is 0 Å². The molecule has 1 amide bonds. The minimum Gasteiger partial charge on any atom is -0.325 e. The summed E-state index contributed by atoms with van der Waals surface area (Å²) in [6, 6.07) is 8.88. The number of rotatable bonds is 6. The van der Waals surface area contributed by atoms with E-state index < -0.39 is 6.04 Å². The standard InChI is InChI=1S/C14H18N4OS/c1-20-10-7-13(15)14(19)17-11-3-5-12(6-4-11)18-9-2-8-16-18/h2-6,8-9,13H,7,10,15H2,1H3,(H,17,19)/t13-/m1/s1. The van der Waals surface area contributed by atoms with Crippen LogP contribution >= 0.6 is 11.8 Å². The quantitative estimate of drug-likeness (QED) is 0.852. The summed E-state index contributed by atoms with van der Waals surface area (Å²) in [4.78, 5) is 11.9. The topological polar surface area (TPSA) is 72.9 Å². The average Bonchev–Trinajstić information content (AvgIpc) is 2.99. The highest BCUT2D eigenvalue weighted by molar-refractivity contribution is 7.98. The molecule has 3 N–H and O–H groups in total. The van der Waals surface area contributed by atoms with E-state index in [1.165, 1.54) is 0 Å². The summed E-state index contributed by atoms with van der Waals surface area (Å²) in [5.41, 5.74) is 7.50. The van der Waals surface area contributed by atoms with Gasteiger partial charge in [-0.3, -0.25) is 4.79 Å². The van der Waals surface area contributed by atoms with Crippen molar-refractivity contribution in [1.29, 1.82) is 0 Å². The molecule has 2 rings (SSSR count). The number of carbonyl (C=O) groups is 1. The molecule has 0 unspecified atom stereocenters. The summed E-state index contributed by atoms with van der Waals surface area (Å²) in [5.74, 6) is 0.734. The Morgan fingerprint density at radius 1 is 1.45 bits per heavy atom. The van der Waals surface area contributed by atoms with E-state index in [-0.39, 0.29) is 5.91 Å². The van der Waals surface area contributed by atoms with Crippen molar-refractivity contribution in [3.63, 3.8) is 0 Å². The minimum absolute atomic E-state index is 0.147. The molecule has 20 heavy (non-hydrogen) atoms. The molecule has 1 heterocycles. The number of anilines is 1. The molecule has 0 bridgehead atoms. The molecular formula is C14H18N4OS. The maximum absolute atomic E-state index is 11.9. The molecule has 1 aromatic heterocycles. The Hall–Kier alpha value is -1.79. The molecule has 1 aromatic carbocycles. The van der Waals surface area contributed by atoms with Gasteiger partial charge in [0.05, 0.1) is 11.7 Å². The number of amides is 1. The first-order chi connectivity index (χ1) is 9.70. The number of nitrogens with two attached hydrogens (primary N) is 1. The molecule has 0 saturated carbocycles. The molecule has 0 aliphatic heterocycles. The summed E-state index contributed by atoms with van der Waals surface area (Å²) in [6.45, 7) is 0. The lowest BCUT2D eigenvalue weighted by molar-refractivity contribution is -0.117. The third-order valence-electron chi connectivity index (χ3n) is 2.87. The van der Waals surface area contributed by atoms with Gasteiger partial charge in [0.25, 0.3) is 0 Å². The fraction of sp³-hybridized carbons (Fsp3) is 0.286. The monoisotopic (exact) mass is 290 g/mol. The summed E-state index contributed by atoms with van der Waals surface area (Å²) >= 11 is 1.68. The van der Waals surface area contributed by atoms with Crippen LogP contribution in [0.15, 0.2) is 42.7 Å². The van der Waals surface area contributed by atoms with Gasteiger partial charge >= 0.3 is 0 Å². The molecule has 0 aliphatic carbocycles. The van der Waals surface area contributed by atoms with Crippen LogP contribution in [-0.2, 0) is 4.79 Å². The number of hydrogen-bond donors (Lipinski definition) is 2. The van der Waals surface area contributed by atoms with Crippen LogP contribution in [0.4, 0.5) is 5.69 Å². The second-order valence-electron chi connectivity index (χ2n) is 4.37. The van der Waals surface area contributed by atoms with Crippen molar-refractivity contribution in [3.05, 3.63) is 42.7 Å². The summed E-state index contributed by atoms with van der Waals surface area (Å²) in [6.07, 6.45) is 6.27. The van der Waals surface area contributed by atoms with E-state index in [1.807, 2.05) is 42.8 Å². The van der Waals surface area contributed by atoms with Crippen LogP contribution in [0.2, 0.25) is 0 Å². The van der Waals surface area contributed by atoms with Gasteiger partial charge in [-0.25, -0.2) is 4.68 Å². The van der Waals surface area contributed by atoms with Crippen LogP contribution in [0.3, 0.4) is 0 Å². The fourth-order valence-electron chi connectivity index (χ4n) is 1.73. The smallest absolute Gasteiger partial charge is 0.241 e. The molecule has 0 aliphatic rings. The van der Waals surface area contributed by atoms with E-state index in [0.717, 1.165) is 17.1 Å². The van der Waals surface area contributed by atoms with Crippen LogP contribution in [0.25, 0.3) is 5.69 Å². The van der Waals surface area contributed by atoms with Crippen molar-refractivity contribution >= 4 is 23.4 Å². The van der Waals surface area contributed by atoms with Gasteiger partial charge in [0.15, 0.2) is 0 Å². The molecule has 0 saturated heterocycles. The normalized spacial score (nSPS) is 12.1. The first kappa shape index (κ1) is 14.6. The second kappa shape index (κ2) is 7.12. The third-order valence-corrected chi connectivity index (χ3v) is 3.52. The molecular weight excluding hydrogens is 272 g/mol. The fourth-order valence-corrected chi connectivity index (χ4v) is 2.22. The van der Waals surface area contributed by atoms with Gasteiger partial charge in [-0.05, 0) is 48.8 Å². The Labute approximate surface area is 122 Å². The zero-order valence-corrected chi connectivity index (χ0v) is 12.1. The lowest BCUT2D eigenvalue weighted by Crippen LogP contribution is -2.36. The van der Waals surface area contributed by atoms with Gasteiger partial charge in [0, 0.05) is 18.1 Å². The Kier molecular flexibility index (Phi) is 5.20. The van der Waals surface area contributed by atoms with E-state index in [1.54, 1.807) is 22.6 Å². The summed E-state index contributed by atoms with van der Waals surface area (Å²) in [7, 11) is 0. The Balaban J connectivity index is 1.95. The van der Waals surface area contributed by atoms with Crippen LogP contribution < -0.4 is 11.1 Å². The zero-order chi connectivity index (χ0) is 14.4. The summed E-state index contributed by atoms with van der Waals surface area (Å²) in [5, 5.41) is 6.97. The molecule has 0 spiro atoms. The van der Waals surface area contributed by atoms with Gasteiger partial charge in [-0.15, -0.1) is 0 Å². The molecule has 1 atom stereocenters. The molecule has 106 valence electrons. The molecule has 6 heteroatoms. The number of nitrogens with zero attached hydrogens (tertiary/aromatic N) is 2. The van der Waals surface area contributed by atoms with Crippen molar-refractivity contribution < 1.29 is 4.79 Å². The Morgan fingerprint density at radius 2 is 2.20 bits per heavy atom. The third kappa shape index (κ3) is 3.85. The molecule has 0 radical (unpaired) electrons. The maximum atomic E-state index is 11.9. The number of aromatic nitrogens is 2. The van der Waals surface area contributed by atoms with Gasteiger partial charge in [0.2, 0.25) is 5.91 Å². The van der Waals surface area contributed by atoms with Gasteiger partial charge in [0.1, 0.15) is 0 Å². The number of thioether (sulfide) groups is 1. The highest BCUT2D eigenvalue weighted by Crippen LogP contribution is 2.13. The van der Waals surface area contributed by atoms with E-state index in [0.29, 0.717) is 6.42 Å². The van der Waals surface area contributed by atoms with E-state index >= 15 is 0 Å². The maximum Gasteiger partial charge on any atom is 0.241 e. The highest BCUT2D eigenvalue weighted by atomic mass is 32.2. The highest BCUT2D eigenvalue weighted by Gasteiger charge is 2.12. The molecule has 2 aromatic rings. The Bertz CT molecular complexity index is 539. The summed E-state index contributed by atoms with van der Waals surface area (Å²) < 4.78 is 1.76.